The van der Waals surface area contributed by atoms with E-state index in [9.17, 15) is 9.18 Å². The van der Waals surface area contributed by atoms with E-state index in [1.807, 2.05) is 0 Å². The van der Waals surface area contributed by atoms with E-state index in [-0.39, 0.29) is 17.8 Å². The second kappa shape index (κ2) is 6.02. The first-order valence-corrected chi connectivity index (χ1v) is 8.82. The van der Waals surface area contributed by atoms with Crippen LogP contribution in [-0.2, 0) is 0 Å². The van der Waals surface area contributed by atoms with Crippen molar-refractivity contribution in [3.05, 3.63) is 41.2 Å². The lowest BCUT2D eigenvalue weighted by Gasteiger charge is -2.44. The van der Waals surface area contributed by atoms with Crippen LogP contribution in [0.15, 0.2) is 29.6 Å². The van der Waals surface area contributed by atoms with E-state index in [1.165, 1.54) is 17.4 Å². The van der Waals surface area contributed by atoms with E-state index < -0.39 is 0 Å². The molecule has 6 heteroatoms. The lowest BCUT2D eigenvalue weighted by molar-refractivity contribution is 0.0618. The van der Waals surface area contributed by atoms with Crippen molar-refractivity contribution in [2.75, 3.05) is 19.6 Å². The summed E-state index contributed by atoms with van der Waals surface area (Å²) >= 11 is 1.30. The van der Waals surface area contributed by atoms with E-state index in [0.29, 0.717) is 22.2 Å². The van der Waals surface area contributed by atoms with Crippen LogP contribution in [0.2, 0.25) is 0 Å². The van der Waals surface area contributed by atoms with Crippen LogP contribution in [0, 0.1) is 11.7 Å². The topological polar surface area (TPSA) is 45.2 Å². The van der Waals surface area contributed by atoms with Gasteiger partial charge in [-0.1, -0.05) is 12.1 Å². The average Bonchev–Trinajstić information content (AvgIpc) is 3.06. The summed E-state index contributed by atoms with van der Waals surface area (Å²) in [6.07, 6.45) is 2.31. The van der Waals surface area contributed by atoms with Crippen LogP contribution in [0.1, 0.15) is 23.3 Å². The van der Waals surface area contributed by atoms with Gasteiger partial charge in [0.05, 0.1) is 0 Å². The average molecular weight is 331 g/mol. The Balaban J connectivity index is 1.48. The van der Waals surface area contributed by atoms with Gasteiger partial charge in [-0.05, 0) is 44.0 Å². The third-order valence-electron chi connectivity index (χ3n) is 4.81. The van der Waals surface area contributed by atoms with Gasteiger partial charge in [0.25, 0.3) is 5.91 Å². The number of rotatable bonds is 3. The van der Waals surface area contributed by atoms with Crippen molar-refractivity contribution in [1.29, 1.82) is 0 Å². The number of thiazole rings is 1. The Hall–Kier alpha value is -1.79. The van der Waals surface area contributed by atoms with E-state index in [0.717, 1.165) is 32.5 Å². The zero-order valence-electron chi connectivity index (χ0n) is 12.7. The summed E-state index contributed by atoms with van der Waals surface area (Å²) in [7, 11) is 0. The molecule has 0 aliphatic carbocycles. The SMILES string of the molecule is O=C(N[C@H]1CN2CCC1CC2)c1csc(-c2ccccc2F)n1. The molecule has 3 aliphatic heterocycles. The number of hydrogen-bond acceptors (Lipinski definition) is 4. The van der Waals surface area contributed by atoms with Gasteiger partial charge >= 0.3 is 0 Å². The van der Waals surface area contributed by atoms with Crippen LogP contribution >= 0.6 is 11.3 Å². The highest BCUT2D eigenvalue weighted by atomic mass is 32.1. The van der Waals surface area contributed by atoms with Crippen molar-refractivity contribution in [2.24, 2.45) is 5.92 Å². The normalized spacial score (nSPS) is 26.2. The first-order valence-electron chi connectivity index (χ1n) is 7.94. The number of nitrogens with zero attached hydrogens (tertiary/aromatic N) is 2. The van der Waals surface area contributed by atoms with Crippen LogP contribution in [0.25, 0.3) is 10.6 Å². The fourth-order valence-electron chi connectivity index (χ4n) is 3.51. The zero-order valence-corrected chi connectivity index (χ0v) is 13.5. The highest BCUT2D eigenvalue weighted by Gasteiger charge is 2.35. The van der Waals surface area contributed by atoms with E-state index >= 15 is 0 Å². The van der Waals surface area contributed by atoms with Crippen molar-refractivity contribution in [3.8, 4) is 10.6 Å². The van der Waals surface area contributed by atoms with Gasteiger partial charge in [0.2, 0.25) is 0 Å². The quantitative estimate of drug-likeness (QED) is 0.941. The van der Waals surface area contributed by atoms with Crippen molar-refractivity contribution >= 4 is 17.2 Å². The maximum atomic E-state index is 13.8. The van der Waals surface area contributed by atoms with Gasteiger partial charge in [0.1, 0.15) is 16.5 Å². The number of carbonyl (C=O) groups is 1. The molecular weight excluding hydrogens is 313 g/mol. The van der Waals surface area contributed by atoms with Crippen molar-refractivity contribution in [1.82, 2.24) is 15.2 Å². The molecular formula is C17H18FN3OS. The summed E-state index contributed by atoms with van der Waals surface area (Å²) in [6, 6.07) is 6.72. The number of carbonyl (C=O) groups excluding carboxylic acids is 1. The lowest BCUT2D eigenvalue weighted by Crippen LogP contribution is -2.57. The summed E-state index contributed by atoms with van der Waals surface area (Å²) in [5, 5.41) is 5.37. The third-order valence-corrected chi connectivity index (χ3v) is 5.69. The van der Waals surface area contributed by atoms with E-state index in [2.05, 4.69) is 15.2 Å². The molecule has 23 heavy (non-hydrogen) atoms. The number of amides is 1. The largest absolute Gasteiger partial charge is 0.346 e. The molecule has 2 bridgehead atoms. The molecule has 0 spiro atoms. The minimum atomic E-state index is -0.314. The first-order chi connectivity index (χ1) is 11.2. The Labute approximate surface area is 138 Å². The summed E-state index contributed by atoms with van der Waals surface area (Å²) < 4.78 is 13.8. The highest BCUT2D eigenvalue weighted by Crippen LogP contribution is 2.29. The molecule has 4 heterocycles. The predicted molar refractivity (Wildman–Crippen MR) is 87.9 cm³/mol. The molecule has 4 nitrogen and oxygen atoms in total. The van der Waals surface area contributed by atoms with Gasteiger partial charge in [0.15, 0.2) is 0 Å². The Bertz CT molecular complexity index is 724. The minimum Gasteiger partial charge on any atom is -0.346 e. The summed E-state index contributed by atoms with van der Waals surface area (Å²) in [6.45, 7) is 3.22. The second-order valence-electron chi connectivity index (χ2n) is 6.24. The number of aromatic nitrogens is 1. The van der Waals surface area contributed by atoms with Gasteiger partial charge < -0.3 is 10.2 Å². The van der Waals surface area contributed by atoms with Gasteiger partial charge in [-0.25, -0.2) is 9.37 Å². The molecule has 120 valence electrons. The molecule has 3 saturated heterocycles. The van der Waals surface area contributed by atoms with E-state index in [4.69, 9.17) is 0 Å². The van der Waals surface area contributed by atoms with Crippen LogP contribution in [0.3, 0.4) is 0 Å². The zero-order chi connectivity index (χ0) is 15.8. The number of nitrogens with one attached hydrogen (secondary N) is 1. The van der Waals surface area contributed by atoms with Crippen molar-refractivity contribution in [2.45, 2.75) is 18.9 Å². The molecule has 2 aromatic rings. The van der Waals surface area contributed by atoms with E-state index in [1.54, 1.807) is 23.6 Å². The third kappa shape index (κ3) is 2.88. The van der Waals surface area contributed by atoms with Crippen LogP contribution in [-0.4, -0.2) is 41.5 Å². The molecule has 5 rings (SSSR count). The van der Waals surface area contributed by atoms with Gasteiger partial charge in [-0.15, -0.1) is 11.3 Å². The van der Waals surface area contributed by atoms with Crippen LogP contribution in [0.4, 0.5) is 4.39 Å². The lowest BCUT2D eigenvalue weighted by atomic mass is 9.84. The van der Waals surface area contributed by atoms with Crippen LogP contribution < -0.4 is 5.32 Å². The molecule has 3 aliphatic rings. The first kappa shape index (κ1) is 14.8. The van der Waals surface area contributed by atoms with Crippen LogP contribution in [0.5, 0.6) is 0 Å². The number of halogens is 1. The van der Waals surface area contributed by atoms with Crippen molar-refractivity contribution < 1.29 is 9.18 Å². The second-order valence-corrected chi connectivity index (χ2v) is 7.09. The molecule has 0 saturated carbocycles. The summed E-state index contributed by atoms with van der Waals surface area (Å²) in [5.41, 5.74) is 0.823. The fourth-order valence-corrected chi connectivity index (χ4v) is 4.33. The molecule has 1 aromatic carbocycles. The molecule has 3 fully saturated rings. The maximum Gasteiger partial charge on any atom is 0.271 e. The number of piperidine rings is 3. The number of benzene rings is 1. The predicted octanol–water partition coefficient (Wildman–Crippen LogP) is 2.77. The molecule has 1 N–H and O–H groups in total. The van der Waals surface area contributed by atoms with Gasteiger partial charge in [-0.3, -0.25) is 4.79 Å². The molecule has 0 radical (unpaired) electrons. The minimum absolute atomic E-state index is 0.150. The molecule has 1 aromatic heterocycles. The summed E-state index contributed by atoms with van der Waals surface area (Å²) in [5.74, 6) is 0.113. The fraction of sp³-hybridized carbons (Fsp3) is 0.412. The highest BCUT2D eigenvalue weighted by molar-refractivity contribution is 7.13. The molecule has 1 amide bonds. The Morgan fingerprint density at radius 2 is 2.09 bits per heavy atom. The molecule has 1 atom stereocenters. The Morgan fingerprint density at radius 3 is 2.78 bits per heavy atom. The maximum absolute atomic E-state index is 13.8. The number of hydrogen-bond donors (Lipinski definition) is 1. The van der Waals surface area contributed by atoms with Crippen molar-refractivity contribution in [3.63, 3.8) is 0 Å². The standard InChI is InChI=1S/C17H18FN3OS/c18-13-4-2-1-3-12(13)17-20-15(10-23-17)16(22)19-14-9-21-7-5-11(14)6-8-21/h1-4,10-11,14H,5-9H2,(H,19,22)/t14-/m0/s1. The Kier molecular flexibility index (Phi) is 3.87. The summed E-state index contributed by atoms with van der Waals surface area (Å²) in [4.78, 5) is 19.2. The molecule has 0 unspecified atom stereocenters. The Morgan fingerprint density at radius 1 is 1.30 bits per heavy atom. The van der Waals surface area contributed by atoms with Gasteiger partial charge in [0, 0.05) is 23.5 Å². The van der Waals surface area contributed by atoms with Gasteiger partial charge in [-0.2, -0.15) is 0 Å². The smallest absolute Gasteiger partial charge is 0.271 e. The number of fused-ring (bicyclic) bond motifs is 3. The monoisotopic (exact) mass is 331 g/mol.